The topological polar surface area (TPSA) is 0 Å². The Bertz CT molecular complexity index is 618. The van der Waals surface area contributed by atoms with Crippen LogP contribution in [0.5, 0.6) is 0 Å². The first-order chi connectivity index (χ1) is 9.07. The van der Waals surface area contributed by atoms with Gasteiger partial charge in [0, 0.05) is 0 Å². The molecular formula is C18H20Si. The van der Waals surface area contributed by atoms with Crippen LogP contribution in [0.3, 0.4) is 0 Å². The van der Waals surface area contributed by atoms with Crippen LogP contribution in [0.2, 0.25) is 19.6 Å². The first-order valence-electron chi connectivity index (χ1n) is 6.94. The van der Waals surface area contributed by atoms with Gasteiger partial charge in [0.2, 0.25) is 0 Å². The average Bonchev–Trinajstić information content (AvgIpc) is 2.79. The molecule has 0 heterocycles. The fourth-order valence-corrected chi connectivity index (χ4v) is 4.80. The van der Waals surface area contributed by atoms with Gasteiger partial charge in [0.1, 0.15) is 0 Å². The van der Waals surface area contributed by atoms with Crippen molar-refractivity contribution in [1.29, 1.82) is 0 Å². The predicted molar refractivity (Wildman–Crippen MR) is 86.1 cm³/mol. The zero-order valence-electron chi connectivity index (χ0n) is 11.9. The second-order valence-electron chi connectivity index (χ2n) is 6.38. The van der Waals surface area contributed by atoms with E-state index < -0.39 is 8.07 Å². The molecule has 96 valence electrons. The standard InChI is InChI=1S/C18H20Si/c1-19(2,3)18-13-17(14-9-5-4-6-10-14)15-11-7-8-12-16(15)18/h4-13,18H,1-3H3. The summed E-state index contributed by atoms with van der Waals surface area (Å²) in [5.41, 5.74) is 6.36. The molecule has 0 N–H and O–H groups in total. The smallest absolute Gasteiger partial charge is 0.0566 e. The highest BCUT2D eigenvalue weighted by atomic mass is 28.3. The predicted octanol–water partition coefficient (Wildman–Crippen LogP) is 5.09. The highest BCUT2D eigenvalue weighted by Crippen LogP contribution is 2.43. The third-order valence-electron chi connectivity index (χ3n) is 3.94. The van der Waals surface area contributed by atoms with Gasteiger partial charge in [-0.3, -0.25) is 0 Å². The van der Waals surface area contributed by atoms with E-state index in [0.717, 1.165) is 0 Å². The van der Waals surface area contributed by atoms with Crippen molar-refractivity contribution in [3.05, 3.63) is 77.4 Å². The minimum absolute atomic E-state index is 0.638. The van der Waals surface area contributed by atoms with Crippen LogP contribution < -0.4 is 0 Å². The van der Waals surface area contributed by atoms with E-state index in [1.165, 1.54) is 22.3 Å². The third kappa shape index (κ3) is 2.19. The van der Waals surface area contributed by atoms with Crippen LogP contribution in [-0.4, -0.2) is 8.07 Å². The van der Waals surface area contributed by atoms with Gasteiger partial charge < -0.3 is 0 Å². The van der Waals surface area contributed by atoms with E-state index in [1.807, 2.05) is 0 Å². The molecule has 2 aromatic carbocycles. The zero-order chi connectivity index (χ0) is 13.5. The summed E-state index contributed by atoms with van der Waals surface area (Å²) in [6, 6.07) is 19.7. The number of allylic oxidation sites excluding steroid dienone is 1. The van der Waals surface area contributed by atoms with E-state index in [2.05, 4.69) is 80.3 Å². The second kappa shape index (κ2) is 4.50. The lowest BCUT2D eigenvalue weighted by Gasteiger charge is -2.24. The molecule has 0 bridgehead atoms. The van der Waals surface area contributed by atoms with Crippen LogP contribution in [0.1, 0.15) is 22.2 Å². The Balaban J connectivity index is 2.16. The molecule has 0 aromatic heterocycles. The number of rotatable bonds is 2. The van der Waals surface area contributed by atoms with E-state index in [9.17, 15) is 0 Å². The Hall–Kier alpha value is -1.60. The summed E-state index contributed by atoms with van der Waals surface area (Å²) < 4.78 is 0. The van der Waals surface area contributed by atoms with Crippen molar-refractivity contribution in [2.75, 3.05) is 0 Å². The Labute approximate surface area is 116 Å². The number of benzene rings is 2. The number of fused-ring (bicyclic) bond motifs is 1. The summed E-state index contributed by atoms with van der Waals surface area (Å²) in [6.45, 7) is 7.37. The summed E-state index contributed by atoms with van der Waals surface area (Å²) in [4.78, 5) is 0. The molecule has 0 fully saturated rings. The van der Waals surface area contributed by atoms with E-state index in [4.69, 9.17) is 0 Å². The number of hydrogen-bond acceptors (Lipinski definition) is 0. The highest BCUT2D eigenvalue weighted by Gasteiger charge is 2.33. The number of hydrogen-bond donors (Lipinski definition) is 0. The summed E-state index contributed by atoms with van der Waals surface area (Å²) in [5, 5.41) is 0. The fraction of sp³-hybridized carbons (Fsp3) is 0.222. The van der Waals surface area contributed by atoms with Gasteiger partial charge >= 0.3 is 0 Å². The van der Waals surface area contributed by atoms with E-state index in [0.29, 0.717) is 5.54 Å². The van der Waals surface area contributed by atoms with Gasteiger partial charge in [-0.15, -0.1) is 0 Å². The van der Waals surface area contributed by atoms with Crippen molar-refractivity contribution in [3.8, 4) is 0 Å². The Morgan fingerprint density at radius 1 is 0.789 bits per heavy atom. The summed E-state index contributed by atoms with van der Waals surface area (Å²) >= 11 is 0. The monoisotopic (exact) mass is 264 g/mol. The van der Waals surface area contributed by atoms with Gasteiger partial charge in [0.25, 0.3) is 0 Å². The van der Waals surface area contributed by atoms with Crippen LogP contribution >= 0.6 is 0 Å². The van der Waals surface area contributed by atoms with Crippen LogP contribution in [-0.2, 0) is 0 Å². The zero-order valence-corrected chi connectivity index (χ0v) is 12.9. The molecule has 0 nitrogen and oxygen atoms in total. The van der Waals surface area contributed by atoms with Crippen molar-refractivity contribution in [2.24, 2.45) is 0 Å². The molecule has 0 radical (unpaired) electrons. The highest BCUT2D eigenvalue weighted by molar-refractivity contribution is 6.78. The van der Waals surface area contributed by atoms with Gasteiger partial charge in [0.15, 0.2) is 0 Å². The molecule has 1 unspecified atom stereocenters. The van der Waals surface area contributed by atoms with Gasteiger partial charge in [-0.2, -0.15) is 0 Å². The van der Waals surface area contributed by atoms with E-state index in [-0.39, 0.29) is 0 Å². The minimum Gasteiger partial charge on any atom is -0.0712 e. The molecule has 3 rings (SSSR count). The average molecular weight is 264 g/mol. The lowest BCUT2D eigenvalue weighted by atomic mass is 9.99. The molecule has 0 saturated heterocycles. The normalized spacial score (nSPS) is 18.1. The molecule has 1 atom stereocenters. The van der Waals surface area contributed by atoms with Crippen LogP contribution in [0.25, 0.3) is 5.57 Å². The van der Waals surface area contributed by atoms with Crippen LogP contribution in [0.15, 0.2) is 60.7 Å². The molecule has 0 aliphatic heterocycles. The van der Waals surface area contributed by atoms with E-state index >= 15 is 0 Å². The second-order valence-corrected chi connectivity index (χ2v) is 11.7. The fourth-order valence-electron chi connectivity index (χ4n) is 2.95. The van der Waals surface area contributed by atoms with Crippen LogP contribution in [0.4, 0.5) is 0 Å². The molecule has 1 aliphatic carbocycles. The van der Waals surface area contributed by atoms with Gasteiger partial charge in [-0.1, -0.05) is 80.3 Å². The Morgan fingerprint density at radius 3 is 2.11 bits per heavy atom. The van der Waals surface area contributed by atoms with Crippen LogP contribution in [0, 0.1) is 0 Å². The lowest BCUT2D eigenvalue weighted by Crippen LogP contribution is -2.28. The van der Waals surface area contributed by atoms with Gasteiger partial charge in [-0.05, 0) is 27.8 Å². The van der Waals surface area contributed by atoms with Crippen molar-refractivity contribution in [1.82, 2.24) is 0 Å². The first-order valence-corrected chi connectivity index (χ1v) is 10.5. The largest absolute Gasteiger partial charge is 0.0712 e. The molecule has 0 amide bonds. The maximum absolute atomic E-state index is 2.51. The molecule has 0 spiro atoms. The third-order valence-corrected chi connectivity index (χ3v) is 6.28. The molecule has 1 aliphatic rings. The first kappa shape index (κ1) is 12.4. The maximum Gasteiger partial charge on any atom is 0.0566 e. The van der Waals surface area contributed by atoms with Crippen molar-refractivity contribution in [2.45, 2.75) is 25.2 Å². The van der Waals surface area contributed by atoms with E-state index in [1.54, 1.807) is 0 Å². The Kier molecular flexibility index (Phi) is 2.94. The summed E-state index contributed by atoms with van der Waals surface area (Å²) in [6.07, 6.45) is 2.51. The maximum atomic E-state index is 2.51. The summed E-state index contributed by atoms with van der Waals surface area (Å²) in [7, 11) is -1.23. The summed E-state index contributed by atoms with van der Waals surface area (Å²) in [5.74, 6) is 0. The van der Waals surface area contributed by atoms with Gasteiger partial charge in [0.05, 0.1) is 8.07 Å². The molecule has 0 saturated carbocycles. The van der Waals surface area contributed by atoms with Crippen molar-refractivity contribution < 1.29 is 0 Å². The molecule has 2 aromatic rings. The lowest BCUT2D eigenvalue weighted by molar-refractivity contribution is 1.16. The quantitative estimate of drug-likeness (QED) is 0.663. The van der Waals surface area contributed by atoms with Gasteiger partial charge in [-0.25, -0.2) is 0 Å². The SMILES string of the molecule is C[Si](C)(C)C1C=C(c2ccccc2)c2ccccc21. The molecule has 19 heavy (non-hydrogen) atoms. The molecule has 1 heteroatoms. The molecular weight excluding hydrogens is 244 g/mol. The van der Waals surface area contributed by atoms with Crippen molar-refractivity contribution in [3.63, 3.8) is 0 Å². The minimum atomic E-state index is -1.23. The van der Waals surface area contributed by atoms with Crippen molar-refractivity contribution >= 4 is 13.6 Å². The Morgan fingerprint density at radius 2 is 1.42 bits per heavy atom.